The van der Waals surface area contributed by atoms with Gasteiger partial charge in [0.1, 0.15) is 6.07 Å². The van der Waals surface area contributed by atoms with Gasteiger partial charge in [-0.15, -0.1) is 0 Å². The Bertz CT molecular complexity index is 761. The van der Waals surface area contributed by atoms with Crippen LogP contribution in [0.15, 0.2) is 48.5 Å². The van der Waals surface area contributed by atoms with Gasteiger partial charge in [0.15, 0.2) is 0 Å². The zero-order valence-electron chi connectivity index (χ0n) is 12.6. The number of hydrogen-bond donors (Lipinski definition) is 0. The number of nitrogens with zero attached hydrogens (tertiary/aromatic N) is 3. The summed E-state index contributed by atoms with van der Waals surface area (Å²) in [6.45, 7) is 2.69. The van der Waals surface area contributed by atoms with Crippen molar-refractivity contribution in [1.82, 2.24) is 4.90 Å². The van der Waals surface area contributed by atoms with Crippen LogP contribution in [0.3, 0.4) is 0 Å². The first-order chi connectivity index (χ1) is 11.2. The molecule has 1 amide bonds. The number of benzene rings is 2. The minimum absolute atomic E-state index is 0.000665. The van der Waals surface area contributed by atoms with Crippen molar-refractivity contribution in [3.8, 4) is 6.07 Å². The van der Waals surface area contributed by atoms with Crippen LogP contribution in [0.25, 0.3) is 0 Å². The van der Waals surface area contributed by atoms with Crippen LogP contribution < -0.4 is 4.90 Å². The number of amides is 1. The van der Waals surface area contributed by atoms with Gasteiger partial charge in [0, 0.05) is 36.8 Å². The number of nitriles is 1. The standard InChI is InChI=1S/C18H16ClN3O/c19-16-6-3-5-14(12-16)18(23)22-10-8-21(9-11-22)17-7-2-1-4-15(17)13-20/h1-7,12H,8-11H2. The molecule has 0 radical (unpaired) electrons. The number of hydrogen-bond acceptors (Lipinski definition) is 3. The molecule has 0 unspecified atom stereocenters. The van der Waals surface area contributed by atoms with Crippen molar-refractivity contribution < 1.29 is 4.79 Å². The highest BCUT2D eigenvalue weighted by molar-refractivity contribution is 6.30. The third kappa shape index (κ3) is 3.30. The summed E-state index contributed by atoms with van der Waals surface area (Å²) < 4.78 is 0. The minimum Gasteiger partial charge on any atom is -0.367 e. The van der Waals surface area contributed by atoms with Crippen molar-refractivity contribution in [1.29, 1.82) is 5.26 Å². The highest BCUT2D eigenvalue weighted by Gasteiger charge is 2.23. The largest absolute Gasteiger partial charge is 0.367 e. The van der Waals surface area contributed by atoms with Crippen LogP contribution in [0.1, 0.15) is 15.9 Å². The van der Waals surface area contributed by atoms with Gasteiger partial charge in [-0.3, -0.25) is 4.79 Å². The molecule has 0 spiro atoms. The average molecular weight is 326 g/mol. The fourth-order valence-corrected chi connectivity index (χ4v) is 2.99. The Morgan fingerprint density at radius 1 is 1.04 bits per heavy atom. The van der Waals surface area contributed by atoms with Gasteiger partial charge in [0.2, 0.25) is 0 Å². The van der Waals surface area contributed by atoms with Crippen LogP contribution in [0, 0.1) is 11.3 Å². The average Bonchev–Trinajstić information content (AvgIpc) is 2.61. The van der Waals surface area contributed by atoms with E-state index in [1.54, 1.807) is 24.3 Å². The summed E-state index contributed by atoms with van der Waals surface area (Å²) in [4.78, 5) is 16.5. The summed E-state index contributed by atoms with van der Waals surface area (Å²) >= 11 is 5.95. The van der Waals surface area contributed by atoms with E-state index in [4.69, 9.17) is 11.6 Å². The summed E-state index contributed by atoms with van der Waals surface area (Å²) in [6.07, 6.45) is 0. The molecular formula is C18H16ClN3O. The van der Waals surface area contributed by atoms with Crippen LogP contribution in [0.4, 0.5) is 5.69 Å². The summed E-state index contributed by atoms with van der Waals surface area (Å²) in [5.74, 6) is 0.000665. The molecule has 1 heterocycles. The Hall–Kier alpha value is -2.51. The number of para-hydroxylation sites is 1. The van der Waals surface area contributed by atoms with E-state index in [2.05, 4.69) is 11.0 Å². The molecule has 0 bridgehead atoms. The lowest BCUT2D eigenvalue weighted by Crippen LogP contribution is -2.49. The summed E-state index contributed by atoms with van der Waals surface area (Å²) in [5.41, 5.74) is 2.22. The van der Waals surface area contributed by atoms with Crippen molar-refractivity contribution in [3.05, 3.63) is 64.7 Å². The van der Waals surface area contributed by atoms with Gasteiger partial charge in [0.25, 0.3) is 5.91 Å². The van der Waals surface area contributed by atoms with Gasteiger partial charge in [-0.05, 0) is 30.3 Å². The molecular weight excluding hydrogens is 310 g/mol. The van der Waals surface area contributed by atoms with Gasteiger partial charge in [-0.2, -0.15) is 5.26 Å². The number of anilines is 1. The molecule has 1 saturated heterocycles. The monoisotopic (exact) mass is 325 g/mol. The van der Waals surface area contributed by atoms with Gasteiger partial charge < -0.3 is 9.80 Å². The lowest BCUT2D eigenvalue weighted by Gasteiger charge is -2.36. The third-order valence-corrected chi connectivity index (χ3v) is 4.24. The van der Waals surface area contributed by atoms with Gasteiger partial charge in [0.05, 0.1) is 11.3 Å². The number of rotatable bonds is 2. The van der Waals surface area contributed by atoms with E-state index in [-0.39, 0.29) is 5.91 Å². The quantitative estimate of drug-likeness (QED) is 0.852. The molecule has 2 aromatic carbocycles. The van der Waals surface area contributed by atoms with Crippen LogP contribution in [0.5, 0.6) is 0 Å². The van der Waals surface area contributed by atoms with Gasteiger partial charge >= 0.3 is 0 Å². The van der Waals surface area contributed by atoms with Crippen molar-refractivity contribution in [3.63, 3.8) is 0 Å². The molecule has 1 fully saturated rings. The fourth-order valence-electron chi connectivity index (χ4n) is 2.80. The number of carbonyl (C=O) groups is 1. The van der Waals surface area contributed by atoms with Crippen LogP contribution in [0.2, 0.25) is 5.02 Å². The van der Waals surface area contributed by atoms with Gasteiger partial charge in [-0.1, -0.05) is 29.8 Å². The fraction of sp³-hybridized carbons (Fsp3) is 0.222. The minimum atomic E-state index is 0.000665. The number of halogens is 1. The SMILES string of the molecule is N#Cc1ccccc1N1CCN(C(=O)c2cccc(Cl)c2)CC1. The van der Waals surface area contributed by atoms with E-state index in [1.807, 2.05) is 29.2 Å². The highest BCUT2D eigenvalue weighted by atomic mass is 35.5. The second-order valence-corrected chi connectivity index (χ2v) is 5.85. The Labute approximate surface area is 140 Å². The Morgan fingerprint density at radius 3 is 2.48 bits per heavy atom. The molecule has 0 saturated carbocycles. The second-order valence-electron chi connectivity index (χ2n) is 5.42. The van der Waals surface area contributed by atoms with Gasteiger partial charge in [-0.25, -0.2) is 0 Å². The summed E-state index contributed by atoms with van der Waals surface area (Å²) in [5, 5.41) is 9.78. The lowest BCUT2D eigenvalue weighted by atomic mass is 10.1. The maximum atomic E-state index is 12.5. The lowest BCUT2D eigenvalue weighted by molar-refractivity contribution is 0.0747. The van der Waals surface area contributed by atoms with E-state index < -0.39 is 0 Å². The Kier molecular flexibility index (Phi) is 4.50. The first-order valence-corrected chi connectivity index (χ1v) is 7.86. The van der Waals surface area contributed by atoms with Crippen LogP contribution >= 0.6 is 11.6 Å². The molecule has 0 aliphatic carbocycles. The highest BCUT2D eigenvalue weighted by Crippen LogP contribution is 2.22. The van der Waals surface area contributed by atoms with Crippen molar-refractivity contribution in [2.45, 2.75) is 0 Å². The maximum absolute atomic E-state index is 12.5. The maximum Gasteiger partial charge on any atom is 0.254 e. The summed E-state index contributed by atoms with van der Waals surface area (Å²) in [7, 11) is 0. The molecule has 23 heavy (non-hydrogen) atoms. The van der Waals surface area contributed by atoms with Crippen LogP contribution in [-0.4, -0.2) is 37.0 Å². The Balaban J connectivity index is 1.69. The normalized spacial score (nSPS) is 14.4. The molecule has 1 aliphatic heterocycles. The Morgan fingerprint density at radius 2 is 1.78 bits per heavy atom. The smallest absolute Gasteiger partial charge is 0.254 e. The van der Waals surface area contributed by atoms with E-state index in [0.717, 1.165) is 5.69 Å². The van der Waals surface area contributed by atoms with Crippen LogP contribution in [-0.2, 0) is 0 Å². The molecule has 1 aliphatic rings. The molecule has 0 aromatic heterocycles. The first-order valence-electron chi connectivity index (χ1n) is 7.48. The molecule has 3 rings (SSSR count). The summed E-state index contributed by atoms with van der Waals surface area (Å²) in [6, 6.07) is 16.8. The molecule has 4 nitrogen and oxygen atoms in total. The van der Waals surface area contributed by atoms with E-state index in [0.29, 0.717) is 42.3 Å². The van der Waals surface area contributed by atoms with Crippen molar-refractivity contribution in [2.24, 2.45) is 0 Å². The predicted octanol–water partition coefficient (Wildman–Crippen LogP) is 3.17. The second kappa shape index (κ2) is 6.72. The molecule has 5 heteroatoms. The zero-order chi connectivity index (χ0) is 16.2. The predicted molar refractivity (Wildman–Crippen MR) is 90.7 cm³/mol. The zero-order valence-corrected chi connectivity index (χ0v) is 13.3. The third-order valence-electron chi connectivity index (χ3n) is 4.00. The topological polar surface area (TPSA) is 47.3 Å². The molecule has 0 N–H and O–H groups in total. The number of piperazine rings is 1. The van der Waals surface area contributed by atoms with Crippen molar-refractivity contribution >= 4 is 23.2 Å². The van der Waals surface area contributed by atoms with Crippen molar-refractivity contribution in [2.75, 3.05) is 31.1 Å². The molecule has 116 valence electrons. The molecule has 0 atom stereocenters. The van der Waals surface area contributed by atoms with E-state index in [9.17, 15) is 10.1 Å². The molecule has 2 aromatic rings. The first kappa shape index (κ1) is 15.4. The number of carbonyl (C=O) groups excluding carboxylic acids is 1. The van der Waals surface area contributed by atoms with E-state index >= 15 is 0 Å². The van der Waals surface area contributed by atoms with E-state index in [1.165, 1.54) is 0 Å².